The van der Waals surface area contributed by atoms with E-state index in [1.54, 1.807) is 22.7 Å². The average Bonchev–Trinajstić information content (AvgIpc) is 3.78. The van der Waals surface area contributed by atoms with E-state index in [4.69, 9.17) is 0 Å². The number of carbonyl (C=O) groups excluding carboxylic acids is 2. The van der Waals surface area contributed by atoms with E-state index in [9.17, 15) is 9.59 Å². The van der Waals surface area contributed by atoms with E-state index in [1.165, 1.54) is 37.5 Å². The summed E-state index contributed by atoms with van der Waals surface area (Å²) in [6.07, 6.45) is 2.69. The largest absolute Gasteiger partial charge is 0.300 e. The number of thioether (sulfide) groups is 1. The summed E-state index contributed by atoms with van der Waals surface area (Å²) >= 11 is 8.11. The molecule has 6 aromatic rings. The van der Waals surface area contributed by atoms with E-state index in [2.05, 4.69) is 55.4 Å². The molecule has 0 aliphatic heterocycles. The van der Waals surface area contributed by atoms with E-state index >= 15 is 0 Å². The van der Waals surface area contributed by atoms with Gasteiger partial charge < -0.3 is 5.32 Å². The zero-order chi connectivity index (χ0) is 28.0. The molecule has 41 heavy (non-hydrogen) atoms. The molecule has 208 valence electrons. The van der Waals surface area contributed by atoms with Crippen LogP contribution in [0.3, 0.4) is 0 Å². The first kappa shape index (κ1) is 28.1. The first-order valence-electron chi connectivity index (χ1n) is 13.0. The normalized spacial score (nSPS) is 11.4. The summed E-state index contributed by atoms with van der Waals surface area (Å²) in [6, 6.07) is 16.3. The minimum absolute atomic E-state index is 0.0799. The van der Waals surface area contributed by atoms with Crippen LogP contribution in [0.4, 0.5) is 5.13 Å². The van der Waals surface area contributed by atoms with Gasteiger partial charge in [0.1, 0.15) is 20.8 Å². The van der Waals surface area contributed by atoms with Crippen LogP contribution in [0.15, 0.2) is 59.3 Å². The molecule has 12 heteroatoms. The van der Waals surface area contributed by atoms with Crippen LogP contribution in [0.25, 0.3) is 20.2 Å². The van der Waals surface area contributed by atoms with Gasteiger partial charge in [-0.2, -0.15) is 11.8 Å². The highest BCUT2D eigenvalue weighted by Gasteiger charge is 2.14. The van der Waals surface area contributed by atoms with Crippen molar-refractivity contribution in [2.24, 2.45) is 0 Å². The lowest BCUT2D eigenvalue weighted by Crippen LogP contribution is -2.13. The van der Waals surface area contributed by atoms with Gasteiger partial charge in [-0.25, -0.2) is 0 Å². The highest BCUT2D eigenvalue weighted by atomic mass is 32.2. The molecule has 1 amide bonds. The number of aryl methyl sites for hydroxylation is 2. The summed E-state index contributed by atoms with van der Waals surface area (Å²) < 4.78 is 2.40. The number of aromatic nitrogens is 4. The van der Waals surface area contributed by atoms with Crippen LogP contribution in [0.1, 0.15) is 26.1 Å². The summed E-state index contributed by atoms with van der Waals surface area (Å²) in [5.74, 6) is 1.91. The zero-order valence-electron chi connectivity index (χ0n) is 21.9. The Labute approximate surface area is 257 Å². The van der Waals surface area contributed by atoms with Crippen molar-refractivity contribution < 1.29 is 9.59 Å². The second kappa shape index (κ2) is 13.3. The quantitative estimate of drug-likeness (QED) is 0.138. The average molecular weight is 636 g/mol. The Kier molecular flexibility index (Phi) is 9.12. The first-order valence-corrected chi connectivity index (χ1v) is 17.6. The van der Waals surface area contributed by atoms with Crippen LogP contribution >= 0.6 is 57.1 Å². The topological polar surface area (TPSA) is 97.7 Å². The highest BCUT2D eigenvalue weighted by Crippen LogP contribution is 2.28. The Balaban J connectivity index is 0.895. The molecule has 0 fully saturated rings. The van der Waals surface area contributed by atoms with Crippen molar-refractivity contribution in [1.29, 1.82) is 0 Å². The molecule has 0 atom stereocenters. The van der Waals surface area contributed by atoms with E-state index in [0.717, 1.165) is 55.9 Å². The molecule has 7 nitrogen and oxygen atoms in total. The summed E-state index contributed by atoms with van der Waals surface area (Å²) in [7, 11) is 0. The molecule has 0 saturated heterocycles. The van der Waals surface area contributed by atoms with Crippen LogP contribution in [0.5, 0.6) is 0 Å². The van der Waals surface area contributed by atoms with Crippen LogP contribution in [-0.4, -0.2) is 43.6 Å². The summed E-state index contributed by atoms with van der Waals surface area (Å²) in [6.45, 7) is 0. The Morgan fingerprint density at radius 3 is 1.98 bits per heavy atom. The lowest BCUT2D eigenvalue weighted by atomic mass is 10.1. The number of nitrogens with zero attached hydrogens (tertiary/aromatic N) is 4. The van der Waals surface area contributed by atoms with E-state index in [1.807, 2.05) is 41.4 Å². The number of nitrogens with one attached hydrogen (secondary N) is 1. The number of ketones is 1. The molecule has 0 saturated carbocycles. The number of carbonyl (C=O) groups is 2. The molecular weight excluding hydrogens is 611 g/mol. The smallest absolute Gasteiger partial charge is 0.230 e. The number of hydrogen-bond acceptors (Lipinski definition) is 11. The number of amides is 1. The van der Waals surface area contributed by atoms with Gasteiger partial charge in [-0.15, -0.1) is 54.4 Å². The Morgan fingerprint density at radius 1 is 0.683 bits per heavy atom. The SMILES string of the molecule is O=C(Cc1nnc(CCSCCc2nnc(NC(=O)Cc3csc4ccccc34)s2)s1)Cc1csc2ccccc12. The summed E-state index contributed by atoms with van der Waals surface area (Å²) in [5, 5.41) is 29.4. The van der Waals surface area contributed by atoms with Crippen molar-refractivity contribution in [3.63, 3.8) is 0 Å². The number of thiophene rings is 2. The van der Waals surface area contributed by atoms with Crippen molar-refractivity contribution in [3.05, 3.63) is 85.4 Å². The predicted molar refractivity (Wildman–Crippen MR) is 173 cm³/mol. The molecule has 0 bridgehead atoms. The van der Waals surface area contributed by atoms with Crippen molar-refractivity contribution in [2.45, 2.75) is 32.1 Å². The molecule has 0 radical (unpaired) electrons. The van der Waals surface area contributed by atoms with Gasteiger partial charge in [0.05, 0.1) is 12.8 Å². The van der Waals surface area contributed by atoms with E-state index in [0.29, 0.717) is 24.4 Å². The van der Waals surface area contributed by atoms with Gasteiger partial charge in [0, 0.05) is 28.7 Å². The molecular formula is C29H25N5O2S5. The van der Waals surface area contributed by atoms with Gasteiger partial charge >= 0.3 is 0 Å². The fourth-order valence-corrected chi connectivity index (χ4v) is 9.10. The van der Waals surface area contributed by atoms with Crippen molar-refractivity contribution in [1.82, 2.24) is 20.4 Å². The molecule has 6 rings (SSSR count). The third-order valence-electron chi connectivity index (χ3n) is 6.35. The summed E-state index contributed by atoms with van der Waals surface area (Å²) in [4.78, 5) is 25.2. The third kappa shape index (κ3) is 7.25. The molecule has 1 N–H and O–H groups in total. The van der Waals surface area contributed by atoms with Gasteiger partial charge in [0.2, 0.25) is 11.0 Å². The van der Waals surface area contributed by atoms with Gasteiger partial charge in [0.25, 0.3) is 0 Å². The maximum Gasteiger partial charge on any atom is 0.230 e. The fourth-order valence-electron chi connectivity index (χ4n) is 4.41. The molecule has 2 aromatic carbocycles. The van der Waals surface area contributed by atoms with E-state index in [-0.39, 0.29) is 11.7 Å². The second-order valence-electron chi connectivity index (χ2n) is 9.33. The van der Waals surface area contributed by atoms with Crippen molar-refractivity contribution in [3.8, 4) is 0 Å². The van der Waals surface area contributed by atoms with Crippen LogP contribution < -0.4 is 5.32 Å². The number of benzene rings is 2. The minimum Gasteiger partial charge on any atom is -0.300 e. The lowest BCUT2D eigenvalue weighted by Gasteiger charge is -2.00. The Bertz CT molecular complexity index is 1670. The number of hydrogen-bond donors (Lipinski definition) is 1. The van der Waals surface area contributed by atoms with E-state index < -0.39 is 0 Å². The Hall–Kier alpha value is -3.03. The van der Waals surface area contributed by atoms with Crippen LogP contribution in [0.2, 0.25) is 0 Å². The monoisotopic (exact) mass is 635 g/mol. The van der Waals surface area contributed by atoms with Crippen molar-refractivity contribution in [2.75, 3.05) is 16.8 Å². The highest BCUT2D eigenvalue weighted by molar-refractivity contribution is 7.99. The molecule has 0 spiro atoms. The van der Waals surface area contributed by atoms with Crippen LogP contribution in [0, 0.1) is 0 Å². The van der Waals surface area contributed by atoms with Gasteiger partial charge in [-0.1, -0.05) is 47.7 Å². The Morgan fingerprint density at radius 2 is 1.27 bits per heavy atom. The van der Waals surface area contributed by atoms with Gasteiger partial charge in [0.15, 0.2) is 0 Å². The number of Topliss-reactive ketones (excluding diaryl/α,β-unsaturated/α-hetero) is 1. The van der Waals surface area contributed by atoms with Crippen LogP contribution in [-0.2, 0) is 41.7 Å². The van der Waals surface area contributed by atoms with Gasteiger partial charge in [-0.3, -0.25) is 9.59 Å². The lowest BCUT2D eigenvalue weighted by molar-refractivity contribution is -0.118. The summed E-state index contributed by atoms with van der Waals surface area (Å²) in [5.41, 5.74) is 2.12. The zero-order valence-corrected chi connectivity index (χ0v) is 26.0. The standard InChI is InChI=1S/C29H25N5O2S5/c35-20(13-18-16-38-23-7-3-1-5-21(18)23)15-28-33-31-26(40-28)9-11-37-12-10-27-32-34-29(41-27)30-25(36)14-19-17-39-24-8-4-2-6-22(19)24/h1-8,16-17H,9-15H2,(H,30,34,36). The number of anilines is 1. The molecule has 4 heterocycles. The minimum atomic E-state index is -0.0799. The first-order chi connectivity index (χ1) is 20.1. The predicted octanol–water partition coefficient (Wildman–Crippen LogP) is 6.87. The van der Waals surface area contributed by atoms with Crippen molar-refractivity contribution >= 4 is 94.1 Å². The molecule has 4 aromatic heterocycles. The number of fused-ring (bicyclic) bond motifs is 2. The number of rotatable bonds is 13. The molecule has 0 unspecified atom stereocenters. The maximum absolute atomic E-state index is 12.7. The van der Waals surface area contributed by atoms with Gasteiger partial charge in [-0.05, 0) is 56.3 Å². The third-order valence-corrected chi connectivity index (χ3v) is 11.2. The molecule has 0 aliphatic carbocycles. The second-order valence-corrected chi connectivity index (χ2v) is 14.6. The molecule has 0 aliphatic rings. The maximum atomic E-state index is 12.7. The fraction of sp³-hybridized carbons (Fsp3) is 0.241.